The van der Waals surface area contributed by atoms with Crippen molar-refractivity contribution in [3.63, 3.8) is 0 Å². The zero-order valence-electron chi connectivity index (χ0n) is 11.0. The minimum atomic E-state index is -3.71. The smallest absolute Gasteiger partial charge is 0.253 e. The molecule has 0 aromatic heterocycles. The zero-order chi connectivity index (χ0) is 14.9. The van der Waals surface area contributed by atoms with E-state index < -0.39 is 15.7 Å². The number of hydrogen-bond acceptors (Lipinski definition) is 4. The van der Waals surface area contributed by atoms with E-state index in [0.29, 0.717) is 10.8 Å². The number of rotatable bonds is 2. The van der Waals surface area contributed by atoms with Gasteiger partial charge in [0.2, 0.25) is 0 Å². The predicted molar refractivity (Wildman–Crippen MR) is 75.2 cm³/mol. The van der Waals surface area contributed by atoms with Crippen molar-refractivity contribution in [1.82, 2.24) is 5.32 Å². The summed E-state index contributed by atoms with van der Waals surface area (Å²) >= 11 is 0. The maximum atomic E-state index is 12.1. The van der Waals surface area contributed by atoms with E-state index in [2.05, 4.69) is 5.32 Å². The number of sulfone groups is 1. The fourth-order valence-electron chi connectivity index (χ4n) is 2.15. The minimum Gasteiger partial charge on any atom is -0.355 e. The Morgan fingerprint density at radius 3 is 2.50 bits per heavy atom. The van der Waals surface area contributed by atoms with Crippen LogP contribution in [0.5, 0.6) is 0 Å². The molecule has 2 aromatic rings. The summed E-state index contributed by atoms with van der Waals surface area (Å²) in [4.78, 5) is 11.9. The van der Waals surface area contributed by atoms with Crippen molar-refractivity contribution in [3.8, 4) is 6.07 Å². The number of carbonyl (C=O) groups excluding carboxylic acids is 1. The van der Waals surface area contributed by atoms with Gasteiger partial charge < -0.3 is 5.32 Å². The predicted octanol–water partition coefficient (Wildman–Crippen LogP) is 1.47. The normalized spacial score (nSPS) is 11.1. The van der Waals surface area contributed by atoms with Crippen molar-refractivity contribution in [3.05, 3.63) is 41.5 Å². The molecule has 0 aliphatic rings. The molecule has 5 nitrogen and oxygen atoms in total. The monoisotopic (exact) mass is 288 g/mol. The van der Waals surface area contributed by atoms with E-state index in [-0.39, 0.29) is 16.0 Å². The van der Waals surface area contributed by atoms with Crippen molar-refractivity contribution >= 4 is 26.5 Å². The summed E-state index contributed by atoms with van der Waals surface area (Å²) in [6, 6.07) is 10.2. The highest BCUT2D eigenvalue weighted by Crippen LogP contribution is 2.29. The summed E-state index contributed by atoms with van der Waals surface area (Å²) in [5.74, 6) is -0.529. The lowest BCUT2D eigenvalue weighted by molar-refractivity contribution is 0.0961. The lowest BCUT2D eigenvalue weighted by Gasteiger charge is -2.12. The summed E-state index contributed by atoms with van der Waals surface area (Å²) in [6.07, 6.45) is 0.990. The molecule has 0 fully saturated rings. The Hall–Kier alpha value is -2.39. The third kappa shape index (κ3) is 2.24. The zero-order valence-corrected chi connectivity index (χ0v) is 11.8. The largest absolute Gasteiger partial charge is 0.355 e. The van der Waals surface area contributed by atoms with Crippen molar-refractivity contribution < 1.29 is 13.2 Å². The molecular weight excluding hydrogens is 276 g/mol. The Morgan fingerprint density at radius 2 is 1.95 bits per heavy atom. The second kappa shape index (κ2) is 4.94. The van der Waals surface area contributed by atoms with Gasteiger partial charge in [0.25, 0.3) is 5.91 Å². The number of amides is 1. The van der Waals surface area contributed by atoms with Crippen LogP contribution < -0.4 is 5.32 Å². The van der Waals surface area contributed by atoms with Gasteiger partial charge in [-0.15, -0.1) is 0 Å². The van der Waals surface area contributed by atoms with Gasteiger partial charge in [0.05, 0.1) is 16.0 Å². The Labute approximate surface area is 116 Å². The Balaban J connectivity index is 3.09. The van der Waals surface area contributed by atoms with Crippen molar-refractivity contribution in [2.75, 3.05) is 13.3 Å². The van der Waals surface area contributed by atoms with Gasteiger partial charge in [-0.25, -0.2) is 8.42 Å². The van der Waals surface area contributed by atoms with E-state index in [0.717, 1.165) is 6.26 Å². The molecule has 2 aromatic carbocycles. The van der Waals surface area contributed by atoms with E-state index in [1.165, 1.54) is 13.1 Å². The van der Waals surface area contributed by atoms with Gasteiger partial charge >= 0.3 is 0 Å². The standard InChI is InChI=1S/C14H12N2O3S/c1-16-14(17)12-11-6-4-3-5-9(11)7-10(8-15)13(12)20(2,18)19/h3-7H,1-2H3,(H,16,17). The molecule has 0 saturated carbocycles. The van der Waals surface area contributed by atoms with Crippen LogP contribution in [0.3, 0.4) is 0 Å². The first-order valence-electron chi connectivity index (χ1n) is 5.78. The summed E-state index contributed by atoms with van der Waals surface area (Å²) in [5.41, 5.74) is -0.00514. The Morgan fingerprint density at radius 1 is 1.30 bits per heavy atom. The number of carbonyl (C=O) groups is 1. The van der Waals surface area contributed by atoms with Crippen LogP contribution in [0.4, 0.5) is 0 Å². The highest BCUT2D eigenvalue weighted by molar-refractivity contribution is 7.90. The highest BCUT2D eigenvalue weighted by Gasteiger charge is 2.25. The average Bonchev–Trinajstić information content (AvgIpc) is 2.43. The van der Waals surface area contributed by atoms with Crippen molar-refractivity contribution in [2.24, 2.45) is 0 Å². The molecule has 102 valence electrons. The molecule has 0 heterocycles. The molecule has 20 heavy (non-hydrogen) atoms. The highest BCUT2D eigenvalue weighted by atomic mass is 32.2. The summed E-state index contributed by atoms with van der Waals surface area (Å²) in [6.45, 7) is 0. The van der Waals surface area contributed by atoms with Gasteiger partial charge in [0.1, 0.15) is 6.07 Å². The van der Waals surface area contributed by atoms with E-state index in [1.54, 1.807) is 24.3 Å². The van der Waals surface area contributed by atoms with Crippen LogP contribution in [0.15, 0.2) is 35.2 Å². The summed E-state index contributed by atoms with van der Waals surface area (Å²) < 4.78 is 23.9. The first-order valence-corrected chi connectivity index (χ1v) is 7.67. The fraction of sp³-hybridized carbons (Fsp3) is 0.143. The molecule has 0 atom stereocenters. The fourth-order valence-corrected chi connectivity index (χ4v) is 3.22. The van der Waals surface area contributed by atoms with Gasteiger partial charge in [0.15, 0.2) is 9.84 Å². The topological polar surface area (TPSA) is 87.0 Å². The molecule has 0 aliphatic heterocycles. The Kier molecular flexibility index (Phi) is 3.47. The average molecular weight is 288 g/mol. The molecular formula is C14H12N2O3S. The third-order valence-electron chi connectivity index (χ3n) is 2.95. The van der Waals surface area contributed by atoms with Crippen LogP contribution in [0.25, 0.3) is 10.8 Å². The molecule has 2 rings (SSSR count). The van der Waals surface area contributed by atoms with Gasteiger partial charge in [-0.1, -0.05) is 24.3 Å². The van der Waals surface area contributed by atoms with E-state index in [9.17, 15) is 18.5 Å². The van der Waals surface area contributed by atoms with Crippen LogP contribution in [0.1, 0.15) is 15.9 Å². The van der Waals surface area contributed by atoms with Gasteiger partial charge in [-0.05, 0) is 16.8 Å². The van der Waals surface area contributed by atoms with Crippen LogP contribution in [-0.4, -0.2) is 27.6 Å². The molecule has 6 heteroatoms. The van der Waals surface area contributed by atoms with Gasteiger partial charge in [0, 0.05) is 13.3 Å². The van der Waals surface area contributed by atoms with E-state index in [4.69, 9.17) is 0 Å². The third-order valence-corrected chi connectivity index (χ3v) is 4.11. The second-order valence-corrected chi connectivity index (χ2v) is 6.27. The van der Waals surface area contributed by atoms with Gasteiger partial charge in [-0.2, -0.15) is 5.26 Å². The minimum absolute atomic E-state index is 0.0182. The number of nitrogens with zero attached hydrogens (tertiary/aromatic N) is 1. The van der Waals surface area contributed by atoms with Crippen LogP contribution in [0.2, 0.25) is 0 Å². The Bertz CT molecular complexity index is 849. The molecule has 0 saturated heterocycles. The summed E-state index contributed by atoms with van der Waals surface area (Å²) in [5, 5.41) is 12.8. The quantitative estimate of drug-likeness (QED) is 0.906. The molecule has 0 radical (unpaired) electrons. The number of hydrogen-bond donors (Lipinski definition) is 1. The van der Waals surface area contributed by atoms with Crippen LogP contribution >= 0.6 is 0 Å². The molecule has 1 amide bonds. The number of nitrogens with one attached hydrogen (secondary N) is 1. The first-order chi connectivity index (χ1) is 9.40. The molecule has 0 bridgehead atoms. The lowest BCUT2D eigenvalue weighted by atomic mass is 10.0. The van der Waals surface area contributed by atoms with E-state index in [1.807, 2.05) is 6.07 Å². The second-order valence-electron chi connectivity index (χ2n) is 4.31. The van der Waals surface area contributed by atoms with Crippen molar-refractivity contribution in [1.29, 1.82) is 5.26 Å². The van der Waals surface area contributed by atoms with Gasteiger partial charge in [-0.3, -0.25) is 4.79 Å². The molecule has 0 spiro atoms. The maximum absolute atomic E-state index is 12.1. The number of nitriles is 1. The first kappa shape index (κ1) is 14.0. The van der Waals surface area contributed by atoms with Crippen LogP contribution in [-0.2, 0) is 9.84 Å². The SMILES string of the molecule is CNC(=O)c1c(S(C)(=O)=O)c(C#N)cc2ccccc12. The summed E-state index contributed by atoms with van der Waals surface area (Å²) in [7, 11) is -2.29. The molecule has 0 unspecified atom stereocenters. The molecule has 0 aliphatic carbocycles. The number of benzene rings is 2. The molecule has 1 N–H and O–H groups in total. The van der Waals surface area contributed by atoms with Crippen molar-refractivity contribution in [2.45, 2.75) is 4.90 Å². The maximum Gasteiger partial charge on any atom is 0.253 e. The number of fused-ring (bicyclic) bond motifs is 1. The van der Waals surface area contributed by atoms with E-state index >= 15 is 0 Å². The van der Waals surface area contributed by atoms with Crippen LogP contribution in [0, 0.1) is 11.3 Å². The lowest BCUT2D eigenvalue weighted by Crippen LogP contribution is -2.22.